The average molecular weight is 265 g/mol. The van der Waals surface area contributed by atoms with Crippen LogP contribution >= 0.6 is 0 Å². The van der Waals surface area contributed by atoms with E-state index in [1.54, 1.807) is 7.11 Å². The number of hydrogen-bond donors (Lipinski definition) is 1. The Morgan fingerprint density at radius 3 is 2.63 bits per heavy atom. The van der Waals surface area contributed by atoms with Crippen molar-refractivity contribution in [2.45, 2.75) is 13.0 Å². The van der Waals surface area contributed by atoms with Gasteiger partial charge in [0.15, 0.2) is 0 Å². The van der Waals surface area contributed by atoms with E-state index in [2.05, 4.69) is 24.9 Å². The molecule has 0 spiro atoms. The van der Waals surface area contributed by atoms with Gasteiger partial charge in [-0.25, -0.2) is 0 Å². The molecule has 1 aromatic carbocycles. The highest BCUT2D eigenvalue weighted by Crippen LogP contribution is 2.33. The van der Waals surface area contributed by atoms with Crippen molar-refractivity contribution in [1.82, 2.24) is 4.90 Å². The maximum absolute atomic E-state index is 9.51. The van der Waals surface area contributed by atoms with Gasteiger partial charge in [-0.2, -0.15) is 0 Å². The van der Waals surface area contributed by atoms with E-state index in [1.165, 1.54) is 5.56 Å². The minimum atomic E-state index is -0.0922. The number of para-hydroxylation sites is 1. The lowest BCUT2D eigenvalue weighted by Gasteiger charge is -2.43. The first-order chi connectivity index (χ1) is 9.12. The molecule has 0 saturated carbocycles. The van der Waals surface area contributed by atoms with Crippen molar-refractivity contribution in [2.24, 2.45) is 5.41 Å². The fourth-order valence-corrected chi connectivity index (χ4v) is 2.54. The maximum atomic E-state index is 9.51. The summed E-state index contributed by atoms with van der Waals surface area (Å²) in [6, 6.07) is 8.30. The molecule has 1 saturated heterocycles. The molecule has 1 heterocycles. The van der Waals surface area contributed by atoms with Crippen molar-refractivity contribution in [2.75, 3.05) is 40.5 Å². The molecule has 0 aromatic heterocycles. The smallest absolute Gasteiger partial charge is 0.123 e. The van der Waals surface area contributed by atoms with Crippen molar-refractivity contribution in [1.29, 1.82) is 0 Å². The van der Waals surface area contributed by atoms with Crippen LogP contribution in [-0.4, -0.2) is 50.5 Å². The van der Waals surface area contributed by atoms with Crippen LogP contribution in [-0.2, 0) is 4.74 Å². The molecular weight excluding hydrogens is 242 g/mol. The largest absolute Gasteiger partial charge is 0.496 e. The summed E-state index contributed by atoms with van der Waals surface area (Å²) in [5.41, 5.74) is 1.08. The number of benzene rings is 1. The first-order valence-corrected chi connectivity index (χ1v) is 6.64. The molecule has 0 amide bonds. The summed E-state index contributed by atoms with van der Waals surface area (Å²) in [6.07, 6.45) is 0. The van der Waals surface area contributed by atoms with E-state index in [1.807, 2.05) is 18.2 Å². The quantitative estimate of drug-likeness (QED) is 0.850. The molecule has 19 heavy (non-hydrogen) atoms. The van der Waals surface area contributed by atoms with Crippen LogP contribution < -0.4 is 4.74 Å². The summed E-state index contributed by atoms with van der Waals surface area (Å²) in [7, 11) is 3.77. The third-order valence-corrected chi connectivity index (χ3v) is 3.99. The minimum absolute atomic E-state index is 0.0922. The Morgan fingerprint density at radius 2 is 2.11 bits per heavy atom. The van der Waals surface area contributed by atoms with Crippen molar-refractivity contribution in [3.8, 4) is 5.75 Å². The molecule has 0 aliphatic carbocycles. The number of aliphatic hydroxyl groups excluding tert-OH is 1. The van der Waals surface area contributed by atoms with E-state index < -0.39 is 0 Å². The summed E-state index contributed by atoms with van der Waals surface area (Å²) in [6.45, 7) is 4.44. The number of rotatable bonds is 6. The number of nitrogens with zero attached hydrogens (tertiary/aromatic N) is 1. The molecule has 1 aliphatic heterocycles. The zero-order chi connectivity index (χ0) is 13.9. The average Bonchev–Trinajstić information content (AvgIpc) is 2.41. The minimum Gasteiger partial charge on any atom is -0.496 e. The van der Waals surface area contributed by atoms with Gasteiger partial charge in [-0.05, 0) is 20.0 Å². The predicted molar refractivity (Wildman–Crippen MR) is 74.4 cm³/mol. The molecule has 1 unspecified atom stereocenters. The number of methoxy groups -OCH3 is 1. The summed E-state index contributed by atoms with van der Waals surface area (Å²) in [4.78, 5) is 2.25. The molecular formula is C15H23NO3. The molecule has 1 aliphatic rings. The third kappa shape index (κ3) is 2.91. The molecule has 0 radical (unpaired) electrons. The molecule has 1 aromatic rings. The highest BCUT2D eigenvalue weighted by molar-refractivity contribution is 5.35. The summed E-state index contributed by atoms with van der Waals surface area (Å²) in [5.74, 6) is 0.907. The Bertz CT molecular complexity index is 412. The molecule has 4 nitrogen and oxygen atoms in total. The monoisotopic (exact) mass is 265 g/mol. The molecule has 1 fully saturated rings. The van der Waals surface area contributed by atoms with E-state index in [-0.39, 0.29) is 18.1 Å². The highest BCUT2D eigenvalue weighted by Gasteiger charge is 2.39. The van der Waals surface area contributed by atoms with E-state index in [4.69, 9.17) is 9.47 Å². The number of hydrogen-bond acceptors (Lipinski definition) is 4. The summed E-state index contributed by atoms with van der Waals surface area (Å²) >= 11 is 0. The molecule has 2 rings (SSSR count). The van der Waals surface area contributed by atoms with Crippen molar-refractivity contribution < 1.29 is 14.6 Å². The van der Waals surface area contributed by atoms with Crippen LogP contribution in [0.1, 0.15) is 18.5 Å². The van der Waals surface area contributed by atoms with Gasteiger partial charge in [-0.1, -0.05) is 18.2 Å². The normalized spacial score (nSPS) is 19.0. The second kappa shape index (κ2) is 5.90. The second-order valence-electron chi connectivity index (χ2n) is 5.48. The van der Waals surface area contributed by atoms with Gasteiger partial charge < -0.3 is 14.6 Å². The standard InChI is InChI=1S/C15H23NO3/c1-12(13-6-4-5-7-14(13)18-3)16(2)8-15(9-17)10-19-11-15/h4-7,12,17H,8-11H2,1-3H3. The van der Waals surface area contributed by atoms with Gasteiger partial charge in [0.25, 0.3) is 0 Å². The third-order valence-electron chi connectivity index (χ3n) is 3.99. The van der Waals surface area contributed by atoms with Gasteiger partial charge in [0.05, 0.1) is 32.3 Å². The number of aliphatic hydroxyl groups is 1. The van der Waals surface area contributed by atoms with Crippen LogP contribution in [0.15, 0.2) is 24.3 Å². The SMILES string of the molecule is COc1ccccc1C(C)N(C)CC1(CO)COC1. The first kappa shape index (κ1) is 14.3. The van der Waals surface area contributed by atoms with Crippen LogP contribution in [0.3, 0.4) is 0 Å². The Morgan fingerprint density at radius 1 is 1.42 bits per heavy atom. The van der Waals surface area contributed by atoms with Crippen molar-refractivity contribution >= 4 is 0 Å². The number of ether oxygens (including phenoxy) is 2. The predicted octanol–water partition coefficient (Wildman–Crippen LogP) is 1.70. The van der Waals surface area contributed by atoms with Crippen LogP contribution in [0.25, 0.3) is 0 Å². The lowest BCUT2D eigenvalue weighted by molar-refractivity contribution is -0.149. The van der Waals surface area contributed by atoms with E-state index in [9.17, 15) is 5.11 Å². The van der Waals surface area contributed by atoms with Gasteiger partial charge >= 0.3 is 0 Å². The van der Waals surface area contributed by atoms with Crippen LogP contribution in [0.2, 0.25) is 0 Å². The van der Waals surface area contributed by atoms with E-state index in [0.29, 0.717) is 13.2 Å². The molecule has 106 valence electrons. The molecule has 4 heteroatoms. The summed E-state index contributed by atoms with van der Waals surface area (Å²) in [5, 5.41) is 9.51. The van der Waals surface area contributed by atoms with Crippen LogP contribution in [0, 0.1) is 5.41 Å². The van der Waals surface area contributed by atoms with Gasteiger partial charge in [0.2, 0.25) is 0 Å². The van der Waals surface area contributed by atoms with Gasteiger partial charge in [0.1, 0.15) is 5.75 Å². The lowest BCUT2D eigenvalue weighted by atomic mass is 9.86. The zero-order valence-corrected chi connectivity index (χ0v) is 11.9. The van der Waals surface area contributed by atoms with Crippen LogP contribution in [0.4, 0.5) is 0 Å². The van der Waals surface area contributed by atoms with Crippen LogP contribution in [0.5, 0.6) is 5.75 Å². The topological polar surface area (TPSA) is 41.9 Å². The Balaban J connectivity index is 2.08. The molecule has 1 N–H and O–H groups in total. The van der Waals surface area contributed by atoms with Gasteiger partial charge in [0, 0.05) is 18.2 Å². The highest BCUT2D eigenvalue weighted by atomic mass is 16.5. The maximum Gasteiger partial charge on any atom is 0.123 e. The zero-order valence-electron chi connectivity index (χ0n) is 11.9. The Hall–Kier alpha value is -1.10. The van der Waals surface area contributed by atoms with Gasteiger partial charge in [-0.3, -0.25) is 4.90 Å². The van der Waals surface area contributed by atoms with Crippen molar-refractivity contribution in [3.05, 3.63) is 29.8 Å². The fraction of sp³-hybridized carbons (Fsp3) is 0.600. The fourth-order valence-electron chi connectivity index (χ4n) is 2.54. The van der Waals surface area contributed by atoms with Crippen molar-refractivity contribution in [3.63, 3.8) is 0 Å². The van der Waals surface area contributed by atoms with E-state index in [0.717, 1.165) is 12.3 Å². The molecule has 1 atom stereocenters. The first-order valence-electron chi connectivity index (χ1n) is 6.64. The molecule has 0 bridgehead atoms. The Labute approximate surface area is 114 Å². The lowest BCUT2D eigenvalue weighted by Crippen LogP contribution is -2.52. The second-order valence-corrected chi connectivity index (χ2v) is 5.48. The summed E-state index contributed by atoms with van der Waals surface area (Å²) < 4.78 is 10.7. The Kier molecular flexibility index (Phi) is 4.45. The van der Waals surface area contributed by atoms with Gasteiger partial charge in [-0.15, -0.1) is 0 Å². The van der Waals surface area contributed by atoms with E-state index >= 15 is 0 Å².